The third-order valence-electron chi connectivity index (χ3n) is 4.02. The van der Waals surface area contributed by atoms with Crippen molar-refractivity contribution in [1.29, 1.82) is 0 Å². The van der Waals surface area contributed by atoms with Crippen LogP contribution in [-0.4, -0.2) is 40.9 Å². The summed E-state index contributed by atoms with van der Waals surface area (Å²) in [6.07, 6.45) is 2.47. The van der Waals surface area contributed by atoms with Gasteiger partial charge in [0.25, 0.3) is 0 Å². The number of hydrogen-bond donors (Lipinski definition) is 1. The maximum atomic E-state index is 12.2. The van der Waals surface area contributed by atoms with Gasteiger partial charge < -0.3 is 9.88 Å². The van der Waals surface area contributed by atoms with Gasteiger partial charge in [0.1, 0.15) is 5.82 Å². The molecule has 0 aliphatic carbocycles. The number of nitrogens with one attached hydrogen (secondary N) is 1. The third-order valence-corrected chi connectivity index (χ3v) is 4.02. The van der Waals surface area contributed by atoms with E-state index in [4.69, 9.17) is 0 Å². The van der Waals surface area contributed by atoms with E-state index in [0.717, 1.165) is 36.8 Å². The smallest absolute Gasteiger partial charge is 0.227 e. The Labute approximate surface area is 131 Å². The fraction of sp³-hybridized carbons (Fsp3) is 0.412. The standard InChI is InChI=1S/C17H22N4O/c1-13-9-18-16(19-13)12-20(2)10-14-8-17(22)21(11-14)15-6-4-3-5-7-15/h3-7,9,14H,8,10-12H2,1-2H3,(H,18,19). The molecule has 22 heavy (non-hydrogen) atoms. The number of nitrogens with zero attached hydrogens (tertiary/aromatic N) is 3. The van der Waals surface area contributed by atoms with Crippen molar-refractivity contribution in [1.82, 2.24) is 14.9 Å². The summed E-state index contributed by atoms with van der Waals surface area (Å²) in [4.78, 5) is 23.9. The number of carbonyl (C=O) groups is 1. The fourth-order valence-electron chi connectivity index (χ4n) is 3.07. The van der Waals surface area contributed by atoms with E-state index in [1.54, 1.807) is 0 Å². The monoisotopic (exact) mass is 298 g/mol. The molecule has 1 amide bonds. The molecular weight excluding hydrogens is 276 g/mol. The molecular formula is C17H22N4O. The van der Waals surface area contributed by atoms with Gasteiger partial charge in [-0.1, -0.05) is 18.2 Å². The van der Waals surface area contributed by atoms with Crippen LogP contribution in [-0.2, 0) is 11.3 Å². The number of aryl methyl sites for hydroxylation is 1. The summed E-state index contributed by atoms with van der Waals surface area (Å²) in [5.41, 5.74) is 2.08. The lowest BCUT2D eigenvalue weighted by atomic mass is 10.1. The highest BCUT2D eigenvalue weighted by Gasteiger charge is 2.31. The predicted octanol–water partition coefficient (Wildman–Crippen LogP) is 2.20. The van der Waals surface area contributed by atoms with E-state index in [9.17, 15) is 4.79 Å². The maximum absolute atomic E-state index is 12.2. The molecule has 1 aromatic heterocycles. The van der Waals surface area contributed by atoms with Gasteiger partial charge in [-0.05, 0) is 32.0 Å². The van der Waals surface area contributed by atoms with Crippen LogP contribution in [0.15, 0.2) is 36.5 Å². The Balaban J connectivity index is 1.57. The molecule has 1 saturated heterocycles. The number of aromatic amines is 1. The topological polar surface area (TPSA) is 52.2 Å². The van der Waals surface area contributed by atoms with E-state index in [-0.39, 0.29) is 5.91 Å². The first kappa shape index (κ1) is 14.8. The lowest BCUT2D eigenvalue weighted by Gasteiger charge is -2.20. The molecule has 0 radical (unpaired) electrons. The molecule has 1 fully saturated rings. The molecule has 1 aliphatic rings. The second kappa shape index (κ2) is 6.32. The van der Waals surface area contributed by atoms with Crippen LogP contribution in [0.3, 0.4) is 0 Å². The quantitative estimate of drug-likeness (QED) is 0.920. The van der Waals surface area contributed by atoms with Crippen molar-refractivity contribution in [3.63, 3.8) is 0 Å². The first-order valence-electron chi connectivity index (χ1n) is 7.66. The van der Waals surface area contributed by atoms with Crippen LogP contribution in [0.4, 0.5) is 5.69 Å². The van der Waals surface area contributed by atoms with E-state index < -0.39 is 0 Å². The number of benzene rings is 1. The van der Waals surface area contributed by atoms with Crippen LogP contribution in [0.2, 0.25) is 0 Å². The summed E-state index contributed by atoms with van der Waals surface area (Å²) in [5, 5.41) is 0. The van der Waals surface area contributed by atoms with Crippen molar-refractivity contribution < 1.29 is 4.79 Å². The molecule has 1 N–H and O–H groups in total. The molecule has 1 unspecified atom stereocenters. The zero-order valence-corrected chi connectivity index (χ0v) is 13.1. The Bertz CT molecular complexity index is 637. The molecule has 2 heterocycles. The lowest BCUT2D eigenvalue weighted by molar-refractivity contribution is -0.117. The molecule has 116 valence electrons. The van der Waals surface area contributed by atoms with Gasteiger partial charge in [0.2, 0.25) is 5.91 Å². The first-order chi connectivity index (χ1) is 10.6. The SMILES string of the molecule is Cc1cnc(CN(C)CC2CC(=O)N(c3ccccc3)C2)[nH]1. The van der Waals surface area contributed by atoms with Crippen molar-refractivity contribution in [2.75, 3.05) is 25.0 Å². The van der Waals surface area contributed by atoms with E-state index in [1.807, 2.05) is 48.4 Å². The van der Waals surface area contributed by atoms with Crippen molar-refractivity contribution in [3.05, 3.63) is 48.0 Å². The number of anilines is 1. The minimum atomic E-state index is 0.221. The zero-order valence-electron chi connectivity index (χ0n) is 13.1. The number of aromatic nitrogens is 2. The number of para-hydroxylation sites is 1. The minimum Gasteiger partial charge on any atom is -0.345 e. The zero-order chi connectivity index (χ0) is 15.5. The van der Waals surface area contributed by atoms with Crippen molar-refractivity contribution in [2.24, 2.45) is 5.92 Å². The normalized spacial score (nSPS) is 18.4. The summed E-state index contributed by atoms with van der Waals surface area (Å²) >= 11 is 0. The second-order valence-electron chi connectivity index (χ2n) is 6.12. The number of amides is 1. The van der Waals surface area contributed by atoms with Crippen LogP contribution in [0.1, 0.15) is 17.9 Å². The molecule has 0 bridgehead atoms. The molecule has 1 aliphatic heterocycles. The largest absolute Gasteiger partial charge is 0.345 e. The number of carbonyl (C=O) groups excluding carboxylic acids is 1. The van der Waals surface area contributed by atoms with Crippen LogP contribution in [0.5, 0.6) is 0 Å². The van der Waals surface area contributed by atoms with Crippen molar-refractivity contribution in [2.45, 2.75) is 19.9 Å². The van der Waals surface area contributed by atoms with Crippen molar-refractivity contribution in [3.8, 4) is 0 Å². The van der Waals surface area contributed by atoms with Gasteiger partial charge in [0, 0.05) is 37.1 Å². The average Bonchev–Trinajstić information content (AvgIpc) is 3.05. The lowest BCUT2D eigenvalue weighted by Crippen LogP contribution is -2.29. The highest BCUT2D eigenvalue weighted by molar-refractivity contribution is 5.95. The maximum Gasteiger partial charge on any atom is 0.227 e. The molecule has 5 nitrogen and oxygen atoms in total. The Morgan fingerprint density at radius 1 is 1.36 bits per heavy atom. The van der Waals surface area contributed by atoms with Gasteiger partial charge in [-0.3, -0.25) is 9.69 Å². The first-order valence-corrected chi connectivity index (χ1v) is 7.66. The Kier molecular flexibility index (Phi) is 4.24. The second-order valence-corrected chi connectivity index (χ2v) is 6.12. The number of hydrogen-bond acceptors (Lipinski definition) is 3. The van der Waals surface area contributed by atoms with Gasteiger partial charge in [0.05, 0.1) is 6.54 Å². The predicted molar refractivity (Wildman–Crippen MR) is 86.6 cm³/mol. The van der Waals surface area contributed by atoms with Gasteiger partial charge in [-0.25, -0.2) is 4.98 Å². The van der Waals surface area contributed by atoms with Crippen LogP contribution in [0.25, 0.3) is 0 Å². The minimum absolute atomic E-state index is 0.221. The van der Waals surface area contributed by atoms with E-state index >= 15 is 0 Å². The fourth-order valence-corrected chi connectivity index (χ4v) is 3.07. The summed E-state index contributed by atoms with van der Waals surface area (Å²) < 4.78 is 0. The number of H-pyrrole nitrogens is 1. The molecule has 2 aromatic rings. The van der Waals surface area contributed by atoms with Crippen LogP contribution >= 0.6 is 0 Å². The highest BCUT2D eigenvalue weighted by atomic mass is 16.2. The Morgan fingerprint density at radius 2 is 2.14 bits per heavy atom. The Hall–Kier alpha value is -2.14. The molecule has 0 spiro atoms. The molecule has 5 heteroatoms. The molecule has 1 aromatic carbocycles. The van der Waals surface area contributed by atoms with Crippen LogP contribution < -0.4 is 4.90 Å². The molecule has 0 saturated carbocycles. The van der Waals surface area contributed by atoms with Gasteiger partial charge in [-0.15, -0.1) is 0 Å². The van der Waals surface area contributed by atoms with Crippen LogP contribution in [0, 0.1) is 12.8 Å². The molecule has 3 rings (SSSR count). The summed E-state index contributed by atoms with van der Waals surface area (Å²) in [6, 6.07) is 9.91. The van der Waals surface area contributed by atoms with Gasteiger partial charge in [0.15, 0.2) is 0 Å². The summed E-state index contributed by atoms with van der Waals surface area (Å²) in [5.74, 6) is 1.57. The average molecular weight is 298 g/mol. The van der Waals surface area contributed by atoms with Gasteiger partial charge >= 0.3 is 0 Å². The van der Waals surface area contributed by atoms with E-state index in [0.29, 0.717) is 12.3 Å². The molecule has 1 atom stereocenters. The number of rotatable bonds is 5. The summed E-state index contributed by atoms with van der Waals surface area (Å²) in [7, 11) is 2.08. The number of imidazole rings is 1. The van der Waals surface area contributed by atoms with E-state index in [2.05, 4.69) is 21.9 Å². The van der Waals surface area contributed by atoms with E-state index in [1.165, 1.54) is 0 Å². The van der Waals surface area contributed by atoms with Gasteiger partial charge in [-0.2, -0.15) is 0 Å². The Morgan fingerprint density at radius 3 is 2.82 bits per heavy atom. The highest BCUT2D eigenvalue weighted by Crippen LogP contribution is 2.25. The third kappa shape index (κ3) is 3.36. The summed E-state index contributed by atoms with van der Waals surface area (Å²) in [6.45, 7) is 4.48. The van der Waals surface area contributed by atoms with Crippen molar-refractivity contribution >= 4 is 11.6 Å².